The lowest BCUT2D eigenvalue weighted by atomic mass is 9.80. The van der Waals surface area contributed by atoms with Gasteiger partial charge < -0.3 is 0 Å². The van der Waals surface area contributed by atoms with E-state index in [4.69, 9.17) is 0 Å². The summed E-state index contributed by atoms with van der Waals surface area (Å²) in [6, 6.07) is 73.9. The Hall–Kier alpha value is -7.80. The summed E-state index contributed by atoms with van der Waals surface area (Å²) in [5.41, 5.74) is 21.4. The lowest BCUT2D eigenvalue weighted by molar-refractivity contribution is 0.661. The Labute approximate surface area is 365 Å². The van der Waals surface area contributed by atoms with Crippen molar-refractivity contribution in [3.63, 3.8) is 0 Å². The van der Waals surface area contributed by atoms with Crippen molar-refractivity contribution in [1.82, 2.24) is 0 Å². The smallest absolute Gasteiger partial charge is 0.0159 e. The van der Waals surface area contributed by atoms with E-state index in [9.17, 15) is 0 Å². The van der Waals surface area contributed by atoms with Crippen LogP contribution in [0.4, 0.5) is 0 Å². The molecular weight excluding hydrogens is 757 g/mol. The van der Waals surface area contributed by atoms with E-state index in [1.807, 2.05) is 0 Å². The second kappa shape index (κ2) is 11.8. The van der Waals surface area contributed by atoms with E-state index < -0.39 is 0 Å². The third-order valence-corrected chi connectivity index (χ3v) is 15.3. The highest BCUT2D eigenvalue weighted by Crippen LogP contribution is 2.60. The Balaban J connectivity index is 0.920. The minimum absolute atomic E-state index is 0.167. The summed E-state index contributed by atoms with van der Waals surface area (Å²) >= 11 is 0. The van der Waals surface area contributed by atoms with Crippen molar-refractivity contribution in [2.75, 3.05) is 0 Å². The fraction of sp³-hybridized carbons (Fsp3) is 0.0476. The van der Waals surface area contributed by atoms with E-state index in [1.165, 1.54) is 154 Å². The molecule has 0 unspecified atom stereocenters. The third-order valence-electron chi connectivity index (χ3n) is 15.3. The summed E-state index contributed by atoms with van der Waals surface area (Å²) in [7, 11) is 0. The predicted octanol–water partition coefficient (Wildman–Crippen LogP) is 17.5. The number of hydrogen-bond donors (Lipinski definition) is 0. The van der Waals surface area contributed by atoms with Crippen LogP contribution in [0.1, 0.15) is 25.0 Å². The first-order valence-corrected chi connectivity index (χ1v) is 22.3. The summed E-state index contributed by atoms with van der Waals surface area (Å²) in [5.74, 6) is 0. The van der Waals surface area contributed by atoms with E-state index in [0.29, 0.717) is 0 Å². The van der Waals surface area contributed by atoms with Gasteiger partial charge in [0.15, 0.2) is 0 Å². The molecule has 0 aliphatic heterocycles. The fourth-order valence-corrected chi connectivity index (χ4v) is 12.5. The number of benzene rings is 12. The molecule has 0 bridgehead atoms. The molecule has 0 nitrogen and oxygen atoms in total. The van der Waals surface area contributed by atoms with Crippen LogP contribution in [-0.4, -0.2) is 0 Å². The molecule has 0 N–H and O–H groups in total. The molecule has 0 fully saturated rings. The summed E-state index contributed by atoms with van der Waals surface area (Å²) < 4.78 is 0. The molecule has 0 saturated carbocycles. The molecule has 0 atom stereocenters. The SMILES string of the molecule is CC1(C)c2cc3c(cc2-c2cc4c(cc21)-c1ccc(-c2c5ccccc5cc5ccccc25)c2cccc-4c12)-c1cccc2c(-c4c5ccccc5cc5ccccc45)ccc-3c12. The topological polar surface area (TPSA) is 0 Å². The molecule has 0 aromatic heterocycles. The first-order chi connectivity index (χ1) is 31.0. The van der Waals surface area contributed by atoms with E-state index in [1.54, 1.807) is 0 Å². The Bertz CT molecular complexity index is 3730. The van der Waals surface area contributed by atoms with Crippen LogP contribution in [0.5, 0.6) is 0 Å². The molecule has 0 spiro atoms. The minimum atomic E-state index is -0.167. The maximum Gasteiger partial charge on any atom is 0.0159 e. The van der Waals surface area contributed by atoms with Crippen molar-refractivity contribution in [1.29, 1.82) is 0 Å². The maximum atomic E-state index is 2.55. The van der Waals surface area contributed by atoms with Crippen LogP contribution in [0.2, 0.25) is 0 Å². The average molecular weight is 795 g/mol. The third kappa shape index (κ3) is 4.26. The van der Waals surface area contributed by atoms with Crippen LogP contribution in [0.15, 0.2) is 194 Å². The molecule has 63 heavy (non-hydrogen) atoms. The highest BCUT2D eigenvalue weighted by molar-refractivity contribution is 6.26. The van der Waals surface area contributed by atoms with Gasteiger partial charge in [-0.3, -0.25) is 0 Å². The standard InChI is InChI=1S/C63H38/c1-63(2)57-33-53-49-27-25-47(59-39-17-7-3-13-35(39)29-36-14-4-8-18-40(36)59)43-21-11-23-45(61(43)49)51(53)31-55(57)56-32-52-46-24-12-22-44-48(26-28-50(62(44)46)54(52)34-58(56)63)60-41-19-9-5-15-37(41)30-38-16-6-10-20-42(38)60/h3-34H,1-2H3. The first-order valence-electron chi connectivity index (χ1n) is 22.3. The van der Waals surface area contributed by atoms with Gasteiger partial charge in [0, 0.05) is 5.41 Å². The lowest BCUT2D eigenvalue weighted by Gasteiger charge is -2.23. The molecule has 15 rings (SSSR count). The van der Waals surface area contributed by atoms with Gasteiger partial charge in [0.2, 0.25) is 0 Å². The molecule has 0 heterocycles. The highest BCUT2D eigenvalue weighted by atomic mass is 14.4. The summed E-state index contributed by atoms with van der Waals surface area (Å²) in [5, 5.41) is 15.7. The van der Waals surface area contributed by atoms with Gasteiger partial charge in [-0.25, -0.2) is 0 Å². The van der Waals surface area contributed by atoms with Gasteiger partial charge in [-0.2, -0.15) is 0 Å². The molecule has 0 heteroatoms. The van der Waals surface area contributed by atoms with Crippen LogP contribution in [-0.2, 0) is 5.41 Å². The van der Waals surface area contributed by atoms with E-state index in [2.05, 4.69) is 208 Å². The predicted molar refractivity (Wildman–Crippen MR) is 269 cm³/mol. The lowest BCUT2D eigenvalue weighted by Crippen LogP contribution is -2.15. The minimum Gasteiger partial charge on any atom is -0.0616 e. The van der Waals surface area contributed by atoms with Crippen molar-refractivity contribution in [2.45, 2.75) is 19.3 Å². The monoisotopic (exact) mass is 794 g/mol. The quantitative estimate of drug-likeness (QED) is 0.153. The second-order valence-electron chi connectivity index (χ2n) is 18.7. The molecule has 0 saturated heterocycles. The van der Waals surface area contributed by atoms with Crippen molar-refractivity contribution in [3.8, 4) is 77.9 Å². The normalized spacial score (nSPS) is 13.7. The van der Waals surface area contributed by atoms with E-state index >= 15 is 0 Å². The van der Waals surface area contributed by atoms with Crippen LogP contribution in [0.25, 0.3) is 143 Å². The average Bonchev–Trinajstić information content (AvgIpc) is 3.90. The van der Waals surface area contributed by atoms with E-state index in [0.717, 1.165) is 0 Å². The molecule has 290 valence electrons. The fourth-order valence-electron chi connectivity index (χ4n) is 12.5. The molecule has 3 aliphatic rings. The number of rotatable bonds is 2. The van der Waals surface area contributed by atoms with Gasteiger partial charge in [-0.1, -0.05) is 172 Å². The highest BCUT2D eigenvalue weighted by Gasteiger charge is 2.40. The van der Waals surface area contributed by atoms with Crippen LogP contribution >= 0.6 is 0 Å². The van der Waals surface area contributed by atoms with Gasteiger partial charge in [-0.15, -0.1) is 0 Å². The Morgan fingerprint density at radius 2 is 0.556 bits per heavy atom. The van der Waals surface area contributed by atoms with Gasteiger partial charge in [0.1, 0.15) is 0 Å². The van der Waals surface area contributed by atoms with Gasteiger partial charge in [0.25, 0.3) is 0 Å². The Morgan fingerprint density at radius 1 is 0.238 bits per heavy atom. The second-order valence-corrected chi connectivity index (χ2v) is 18.7. The van der Waals surface area contributed by atoms with Crippen molar-refractivity contribution in [2.24, 2.45) is 0 Å². The van der Waals surface area contributed by atoms with E-state index in [-0.39, 0.29) is 5.41 Å². The van der Waals surface area contributed by atoms with Gasteiger partial charge >= 0.3 is 0 Å². The van der Waals surface area contributed by atoms with Crippen LogP contribution in [0.3, 0.4) is 0 Å². The maximum absolute atomic E-state index is 2.55. The van der Waals surface area contributed by atoms with Gasteiger partial charge in [-0.05, 0) is 190 Å². The molecule has 12 aromatic carbocycles. The zero-order chi connectivity index (χ0) is 41.3. The Morgan fingerprint density at radius 3 is 0.952 bits per heavy atom. The van der Waals surface area contributed by atoms with Crippen LogP contribution < -0.4 is 0 Å². The zero-order valence-electron chi connectivity index (χ0n) is 35.0. The zero-order valence-corrected chi connectivity index (χ0v) is 35.0. The summed E-state index contributed by atoms with van der Waals surface area (Å²) in [4.78, 5) is 0. The van der Waals surface area contributed by atoms with Crippen molar-refractivity contribution >= 4 is 64.6 Å². The number of hydrogen-bond acceptors (Lipinski definition) is 0. The molecule has 12 aromatic rings. The Kier molecular flexibility index (Phi) is 6.32. The summed E-state index contributed by atoms with van der Waals surface area (Å²) in [6.07, 6.45) is 0. The molecular formula is C63H38. The van der Waals surface area contributed by atoms with Crippen molar-refractivity contribution in [3.05, 3.63) is 205 Å². The molecule has 0 amide bonds. The summed E-state index contributed by atoms with van der Waals surface area (Å²) in [6.45, 7) is 4.88. The van der Waals surface area contributed by atoms with Crippen LogP contribution in [0, 0.1) is 0 Å². The first kappa shape index (κ1) is 33.9. The molecule has 3 aliphatic carbocycles. The van der Waals surface area contributed by atoms with Crippen molar-refractivity contribution < 1.29 is 0 Å². The molecule has 0 radical (unpaired) electrons. The largest absolute Gasteiger partial charge is 0.0616 e. The number of fused-ring (bicyclic) bond motifs is 13. The van der Waals surface area contributed by atoms with Gasteiger partial charge in [0.05, 0.1) is 0 Å².